The minimum atomic E-state index is -0.1000. The molecule has 2 unspecified atom stereocenters. The zero-order chi connectivity index (χ0) is 16.8. The molecule has 1 aromatic heterocycles. The van der Waals surface area contributed by atoms with Crippen LogP contribution >= 0.6 is 15.9 Å². The van der Waals surface area contributed by atoms with Crippen molar-refractivity contribution in [1.29, 1.82) is 0 Å². The molecule has 0 radical (unpaired) electrons. The Hall–Kier alpha value is -1.10. The molecule has 24 heavy (non-hydrogen) atoms. The molecular weight excluding hydrogens is 370 g/mol. The zero-order valence-corrected chi connectivity index (χ0v) is 15.5. The molecule has 5 heteroatoms. The highest BCUT2D eigenvalue weighted by Crippen LogP contribution is 2.65. The lowest BCUT2D eigenvalue weighted by molar-refractivity contribution is -0.151. The molecule has 0 N–H and O–H groups in total. The second-order valence-electron chi connectivity index (χ2n) is 8.24. The van der Waals surface area contributed by atoms with Crippen molar-refractivity contribution >= 4 is 21.9 Å². The van der Waals surface area contributed by atoms with Crippen LogP contribution in [0, 0.1) is 17.3 Å². The number of carbonyl (C=O) groups excluding carboxylic acids is 1. The van der Waals surface area contributed by atoms with E-state index in [9.17, 15) is 9.59 Å². The summed E-state index contributed by atoms with van der Waals surface area (Å²) in [6.07, 6.45) is 9.64. The first-order chi connectivity index (χ1) is 11.5. The van der Waals surface area contributed by atoms with Crippen LogP contribution < -0.4 is 5.56 Å². The van der Waals surface area contributed by atoms with Gasteiger partial charge in [0.05, 0.1) is 13.0 Å². The van der Waals surface area contributed by atoms with Gasteiger partial charge in [-0.15, -0.1) is 0 Å². The highest BCUT2D eigenvalue weighted by Gasteiger charge is 2.57. The Morgan fingerprint density at radius 3 is 2.67 bits per heavy atom. The molecule has 0 saturated heterocycles. The van der Waals surface area contributed by atoms with Crippen molar-refractivity contribution in [2.45, 2.75) is 55.8 Å². The fourth-order valence-corrected chi connectivity index (χ4v) is 7.31. The number of hydrogen-bond donors (Lipinski definition) is 0. The molecule has 4 nitrogen and oxygen atoms in total. The van der Waals surface area contributed by atoms with E-state index in [4.69, 9.17) is 4.74 Å². The molecule has 4 aliphatic rings. The van der Waals surface area contributed by atoms with Crippen molar-refractivity contribution in [2.75, 3.05) is 6.61 Å². The van der Waals surface area contributed by atoms with Gasteiger partial charge in [0.2, 0.25) is 0 Å². The summed E-state index contributed by atoms with van der Waals surface area (Å²) in [6.45, 7) is 0.692. The molecule has 5 rings (SSSR count). The van der Waals surface area contributed by atoms with Crippen molar-refractivity contribution in [3.05, 3.63) is 34.7 Å². The van der Waals surface area contributed by atoms with Gasteiger partial charge in [0.15, 0.2) is 0 Å². The van der Waals surface area contributed by atoms with Crippen LogP contribution in [0.3, 0.4) is 0 Å². The normalized spacial score (nSPS) is 36.7. The average molecular weight is 394 g/mol. The molecule has 4 aliphatic carbocycles. The second-order valence-corrected chi connectivity index (χ2v) is 9.92. The summed E-state index contributed by atoms with van der Waals surface area (Å²) in [7, 11) is 0. The van der Waals surface area contributed by atoms with Gasteiger partial charge in [-0.3, -0.25) is 9.59 Å². The Labute approximate surface area is 150 Å². The van der Waals surface area contributed by atoms with Crippen molar-refractivity contribution in [3.63, 3.8) is 0 Å². The first-order valence-electron chi connectivity index (χ1n) is 8.95. The van der Waals surface area contributed by atoms with Gasteiger partial charge in [0.1, 0.15) is 6.61 Å². The molecule has 4 fully saturated rings. The third kappa shape index (κ3) is 3.19. The quantitative estimate of drug-likeness (QED) is 0.567. The van der Waals surface area contributed by atoms with Crippen LogP contribution in [0.1, 0.15) is 44.9 Å². The number of pyridine rings is 1. The third-order valence-corrected chi connectivity index (χ3v) is 7.05. The highest BCUT2D eigenvalue weighted by atomic mass is 79.9. The predicted octanol–water partition coefficient (Wildman–Crippen LogP) is 3.52. The number of nitrogens with zero attached hydrogens (tertiary/aromatic N) is 1. The topological polar surface area (TPSA) is 48.3 Å². The largest absolute Gasteiger partial charge is 0.464 e. The number of ether oxygens (including phenoxy) is 1. The van der Waals surface area contributed by atoms with Crippen LogP contribution in [0.25, 0.3) is 0 Å². The lowest BCUT2D eigenvalue weighted by Gasteiger charge is -2.60. The Bertz CT molecular complexity index is 684. The van der Waals surface area contributed by atoms with Gasteiger partial charge in [0.25, 0.3) is 5.56 Å². The summed E-state index contributed by atoms with van der Waals surface area (Å²) in [5, 5.41) is 0. The predicted molar refractivity (Wildman–Crippen MR) is 95.1 cm³/mol. The van der Waals surface area contributed by atoms with E-state index < -0.39 is 0 Å². The average Bonchev–Trinajstić information content (AvgIpc) is 2.46. The Kier molecular flexibility index (Phi) is 4.10. The van der Waals surface area contributed by atoms with Crippen molar-refractivity contribution in [1.82, 2.24) is 4.57 Å². The Balaban J connectivity index is 1.33. The molecule has 2 atom stereocenters. The second kappa shape index (κ2) is 6.01. The van der Waals surface area contributed by atoms with Crippen LogP contribution in [0.15, 0.2) is 29.2 Å². The SMILES string of the molecule is O=C(CC12CC3CC(CC(Br)(C3)C1)C2)OCCn1ccccc1=O. The first kappa shape index (κ1) is 16.4. The number of halogens is 1. The van der Waals surface area contributed by atoms with E-state index in [1.807, 2.05) is 6.07 Å². The van der Waals surface area contributed by atoms with E-state index in [1.165, 1.54) is 38.2 Å². The summed E-state index contributed by atoms with van der Waals surface area (Å²) < 4.78 is 7.31. The minimum absolute atomic E-state index is 0.0594. The van der Waals surface area contributed by atoms with Crippen molar-refractivity contribution < 1.29 is 9.53 Å². The van der Waals surface area contributed by atoms with Crippen LogP contribution in [0.5, 0.6) is 0 Å². The van der Waals surface area contributed by atoms with Gasteiger partial charge in [-0.2, -0.15) is 0 Å². The van der Waals surface area contributed by atoms with Crippen LogP contribution in [-0.2, 0) is 16.1 Å². The maximum Gasteiger partial charge on any atom is 0.306 e. The van der Waals surface area contributed by atoms with E-state index in [2.05, 4.69) is 15.9 Å². The van der Waals surface area contributed by atoms with Gasteiger partial charge in [-0.1, -0.05) is 22.0 Å². The molecule has 4 saturated carbocycles. The Morgan fingerprint density at radius 1 is 1.25 bits per heavy atom. The smallest absolute Gasteiger partial charge is 0.306 e. The van der Waals surface area contributed by atoms with Gasteiger partial charge in [0, 0.05) is 16.6 Å². The molecule has 4 bridgehead atoms. The highest BCUT2D eigenvalue weighted by molar-refractivity contribution is 9.10. The molecule has 130 valence electrons. The van der Waals surface area contributed by atoms with Crippen molar-refractivity contribution in [3.8, 4) is 0 Å². The van der Waals surface area contributed by atoms with E-state index in [-0.39, 0.29) is 27.9 Å². The van der Waals surface area contributed by atoms with Gasteiger partial charge >= 0.3 is 5.97 Å². The summed E-state index contributed by atoms with van der Waals surface area (Å²) in [4.78, 5) is 24.0. The number of carbonyl (C=O) groups is 1. The molecule has 0 spiro atoms. The first-order valence-corrected chi connectivity index (χ1v) is 9.75. The summed E-state index contributed by atoms with van der Waals surface area (Å²) in [5.74, 6) is 1.46. The lowest BCUT2D eigenvalue weighted by atomic mass is 9.49. The summed E-state index contributed by atoms with van der Waals surface area (Å²) >= 11 is 3.98. The molecule has 1 heterocycles. The molecule has 1 aromatic rings. The maximum atomic E-state index is 12.4. The van der Waals surface area contributed by atoms with Crippen LogP contribution in [-0.4, -0.2) is 21.5 Å². The van der Waals surface area contributed by atoms with E-state index in [1.54, 1.807) is 16.8 Å². The number of esters is 1. The van der Waals surface area contributed by atoms with E-state index in [0.717, 1.165) is 18.3 Å². The minimum Gasteiger partial charge on any atom is -0.464 e. The molecule has 0 aromatic carbocycles. The lowest BCUT2D eigenvalue weighted by Crippen LogP contribution is -2.53. The fourth-order valence-electron chi connectivity index (χ4n) is 5.80. The zero-order valence-electron chi connectivity index (χ0n) is 13.9. The summed E-state index contributed by atoms with van der Waals surface area (Å²) in [5.41, 5.74) is 0.0877. The molecule has 0 amide bonds. The van der Waals surface area contributed by atoms with Gasteiger partial charge in [-0.25, -0.2) is 0 Å². The molecule has 0 aliphatic heterocycles. The Morgan fingerprint density at radius 2 is 2.00 bits per heavy atom. The standard InChI is InChI=1S/C19H24BrNO3/c20-19-10-14-7-15(11-19)9-18(8-14,13-19)12-17(23)24-6-5-21-4-2-1-3-16(21)22/h1-4,14-15H,5-13H2. The molecular formula is C19H24BrNO3. The van der Waals surface area contributed by atoms with Crippen molar-refractivity contribution in [2.24, 2.45) is 17.3 Å². The van der Waals surface area contributed by atoms with Gasteiger partial charge in [-0.05, 0) is 61.8 Å². The van der Waals surface area contributed by atoms with E-state index in [0.29, 0.717) is 13.0 Å². The number of hydrogen-bond acceptors (Lipinski definition) is 3. The monoisotopic (exact) mass is 393 g/mol. The third-order valence-electron chi connectivity index (χ3n) is 6.12. The number of rotatable bonds is 5. The van der Waals surface area contributed by atoms with E-state index >= 15 is 0 Å². The van der Waals surface area contributed by atoms with Crippen LogP contribution in [0.4, 0.5) is 0 Å². The number of aromatic nitrogens is 1. The maximum absolute atomic E-state index is 12.4. The fraction of sp³-hybridized carbons (Fsp3) is 0.684. The summed E-state index contributed by atoms with van der Waals surface area (Å²) in [6, 6.07) is 5.05. The van der Waals surface area contributed by atoms with Gasteiger partial charge < -0.3 is 9.30 Å². The van der Waals surface area contributed by atoms with Crippen LogP contribution in [0.2, 0.25) is 0 Å². The number of alkyl halides is 1.